The molecule has 1 aromatic rings. The quantitative estimate of drug-likeness (QED) is 0.727. The van der Waals surface area contributed by atoms with Gasteiger partial charge in [-0.15, -0.1) is 0 Å². The number of rotatable bonds is 8. The SMILES string of the molecule is CCOC(CCNc1cc(F)cc(F)c1)OCC. The molecule has 3 nitrogen and oxygen atoms in total. The fraction of sp³-hybridized carbons (Fsp3) is 0.538. The maximum atomic E-state index is 12.9. The zero-order valence-corrected chi connectivity index (χ0v) is 10.7. The molecule has 5 heteroatoms. The standard InChI is InChI=1S/C13H19F2NO2/c1-3-17-13(18-4-2)5-6-16-12-8-10(14)7-11(15)9-12/h7-9,13,16H,3-6H2,1-2H3. The summed E-state index contributed by atoms with van der Waals surface area (Å²) in [5, 5.41) is 2.93. The Morgan fingerprint density at radius 1 is 1.06 bits per heavy atom. The summed E-state index contributed by atoms with van der Waals surface area (Å²) in [5.74, 6) is -1.19. The first-order chi connectivity index (χ1) is 8.65. The monoisotopic (exact) mass is 259 g/mol. The smallest absolute Gasteiger partial charge is 0.159 e. The number of nitrogens with one attached hydrogen (secondary N) is 1. The molecule has 0 fully saturated rings. The van der Waals surface area contributed by atoms with E-state index < -0.39 is 11.6 Å². The molecule has 1 N–H and O–H groups in total. The van der Waals surface area contributed by atoms with E-state index in [4.69, 9.17) is 9.47 Å². The third-order valence-electron chi connectivity index (χ3n) is 2.28. The van der Waals surface area contributed by atoms with Gasteiger partial charge in [0.25, 0.3) is 0 Å². The van der Waals surface area contributed by atoms with E-state index in [9.17, 15) is 8.78 Å². The second-order valence-corrected chi connectivity index (χ2v) is 3.71. The normalized spacial score (nSPS) is 10.9. The van der Waals surface area contributed by atoms with Gasteiger partial charge in [-0.2, -0.15) is 0 Å². The molecule has 0 heterocycles. The zero-order valence-electron chi connectivity index (χ0n) is 10.7. The van der Waals surface area contributed by atoms with E-state index >= 15 is 0 Å². The lowest BCUT2D eigenvalue weighted by Gasteiger charge is -2.17. The Kier molecular flexibility index (Phi) is 6.60. The van der Waals surface area contributed by atoms with Gasteiger partial charge < -0.3 is 14.8 Å². The maximum absolute atomic E-state index is 12.9. The summed E-state index contributed by atoms with van der Waals surface area (Å²) in [6.07, 6.45) is 0.325. The van der Waals surface area contributed by atoms with Crippen LogP contribution in [0, 0.1) is 11.6 Å². The molecule has 1 aromatic carbocycles. The van der Waals surface area contributed by atoms with Crippen molar-refractivity contribution in [2.24, 2.45) is 0 Å². The lowest BCUT2D eigenvalue weighted by Crippen LogP contribution is -2.21. The van der Waals surface area contributed by atoms with Crippen molar-refractivity contribution < 1.29 is 18.3 Å². The molecule has 0 aliphatic carbocycles. The minimum absolute atomic E-state index is 0.286. The summed E-state index contributed by atoms with van der Waals surface area (Å²) in [4.78, 5) is 0. The zero-order chi connectivity index (χ0) is 13.4. The van der Waals surface area contributed by atoms with Crippen molar-refractivity contribution in [3.05, 3.63) is 29.8 Å². The van der Waals surface area contributed by atoms with Gasteiger partial charge >= 0.3 is 0 Å². The Labute approximate surface area is 106 Å². The summed E-state index contributed by atoms with van der Waals surface area (Å²) < 4.78 is 36.6. The fourth-order valence-corrected chi connectivity index (χ4v) is 1.58. The first-order valence-electron chi connectivity index (χ1n) is 6.08. The Hall–Kier alpha value is -1.20. The van der Waals surface area contributed by atoms with E-state index in [0.29, 0.717) is 31.9 Å². The number of anilines is 1. The molecule has 18 heavy (non-hydrogen) atoms. The molecular weight excluding hydrogens is 240 g/mol. The molecule has 0 aliphatic heterocycles. The van der Waals surface area contributed by atoms with Gasteiger partial charge in [-0.25, -0.2) is 8.78 Å². The Morgan fingerprint density at radius 2 is 1.61 bits per heavy atom. The van der Waals surface area contributed by atoms with Crippen LogP contribution in [0.25, 0.3) is 0 Å². The number of hydrogen-bond acceptors (Lipinski definition) is 3. The van der Waals surface area contributed by atoms with Crippen LogP contribution >= 0.6 is 0 Å². The molecule has 0 amide bonds. The first-order valence-corrected chi connectivity index (χ1v) is 6.08. The predicted octanol–water partition coefficient (Wildman–Crippen LogP) is 3.17. The number of benzene rings is 1. The van der Waals surface area contributed by atoms with Gasteiger partial charge in [0.05, 0.1) is 0 Å². The highest BCUT2D eigenvalue weighted by molar-refractivity contribution is 5.43. The lowest BCUT2D eigenvalue weighted by atomic mass is 10.3. The van der Waals surface area contributed by atoms with Gasteiger partial charge in [0.15, 0.2) is 6.29 Å². The highest BCUT2D eigenvalue weighted by atomic mass is 19.1. The van der Waals surface area contributed by atoms with Crippen LogP contribution in [0.4, 0.5) is 14.5 Å². The van der Waals surface area contributed by atoms with Crippen LogP contribution in [0.1, 0.15) is 20.3 Å². The summed E-state index contributed by atoms with van der Waals surface area (Å²) in [6.45, 7) is 5.44. The molecule has 0 radical (unpaired) electrons. The van der Waals surface area contributed by atoms with Crippen molar-refractivity contribution in [2.75, 3.05) is 25.1 Å². The molecule has 0 aromatic heterocycles. The summed E-state index contributed by atoms with van der Waals surface area (Å²) in [7, 11) is 0. The minimum atomic E-state index is -0.594. The Bertz CT molecular complexity index is 335. The largest absolute Gasteiger partial charge is 0.385 e. The topological polar surface area (TPSA) is 30.5 Å². The molecule has 0 atom stereocenters. The number of hydrogen-bond donors (Lipinski definition) is 1. The lowest BCUT2D eigenvalue weighted by molar-refractivity contribution is -0.137. The molecule has 0 aliphatic rings. The van der Waals surface area contributed by atoms with Crippen LogP contribution in [0.3, 0.4) is 0 Å². The van der Waals surface area contributed by atoms with Gasteiger partial charge in [0, 0.05) is 37.9 Å². The molecule has 0 saturated carbocycles. The highest BCUT2D eigenvalue weighted by Gasteiger charge is 2.07. The van der Waals surface area contributed by atoms with E-state index in [-0.39, 0.29) is 6.29 Å². The van der Waals surface area contributed by atoms with Crippen molar-refractivity contribution in [1.29, 1.82) is 0 Å². The van der Waals surface area contributed by atoms with Gasteiger partial charge in [0.1, 0.15) is 11.6 Å². The summed E-state index contributed by atoms with van der Waals surface area (Å²) in [5.41, 5.74) is 0.416. The molecule has 0 saturated heterocycles. The third kappa shape index (κ3) is 5.42. The highest BCUT2D eigenvalue weighted by Crippen LogP contribution is 2.13. The van der Waals surface area contributed by atoms with Gasteiger partial charge in [-0.05, 0) is 26.0 Å². The minimum Gasteiger partial charge on any atom is -0.385 e. The molecule has 102 valence electrons. The maximum Gasteiger partial charge on any atom is 0.159 e. The van der Waals surface area contributed by atoms with E-state index in [2.05, 4.69) is 5.32 Å². The van der Waals surface area contributed by atoms with Crippen LogP contribution in [-0.2, 0) is 9.47 Å². The fourth-order valence-electron chi connectivity index (χ4n) is 1.58. The van der Waals surface area contributed by atoms with E-state index in [1.54, 1.807) is 0 Å². The van der Waals surface area contributed by atoms with Gasteiger partial charge in [-0.3, -0.25) is 0 Å². The third-order valence-corrected chi connectivity index (χ3v) is 2.28. The second-order valence-electron chi connectivity index (χ2n) is 3.71. The molecule has 0 bridgehead atoms. The van der Waals surface area contributed by atoms with Crippen LogP contribution in [0.15, 0.2) is 18.2 Å². The van der Waals surface area contributed by atoms with E-state index in [1.165, 1.54) is 12.1 Å². The molecule has 1 rings (SSSR count). The van der Waals surface area contributed by atoms with Crippen molar-refractivity contribution >= 4 is 5.69 Å². The van der Waals surface area contributed by atoms with Gasteiger partial charge in [-0.1, -0.05) is 0 Å². The molecule has 0 unspecified atom stereocenters. The van der Waals surface area contributed by atoms with Crippen LogP contribution in [0.5, 0.6) is 0 Å². The summed E-state index contributed by atoms with van der Waals surface area (Å²) >= 11 is 0. The predicted molar refractivity (Wildman–Crippen MR) is 66.5 cm³/mol. The van der Waals surface area contributed by atoms with Crippen molar-refractivity contribution in [3.8, 4) is 0 Å². The van der Waals surface area contributed by atoms with Crippen LogP contribution in [0.2, 0.25) is 0 Å². The van der Waals surface area contributed by atoms with Crippen molar-refractivity contribution in [1.82, 2.24) is 0 Å². The summed E-state index contributed by atoms with van der Waals surface area (Å²) in [6, 6.07) is 3.34. The average molecular weight is 259 g/mol. The second kappa shape index (κ2) is 8.00. The average Bonchev–Trinajstić information content (AvgIpc) is 2.28. The van der Waals surface area contributed by atoms with Crippen LogP contribution < -0.4 is 5.32 Å². The van der Waals surface area contributed by atoms with Gasteiger partial charge in [0.2, 0.25) is 0 Å². The first kappa shape index (κ1) is 14.9. The number of halogens is 2. The Balaban J connectivity index is 2.39. The number of ether oxygens (including phenoxy) is 2. The van der Waals surface area contributed by atoms with Crippen molar-refractivity contribution in [2.45, 2.75) is 26.6 Å². The molecule has 0 spiro atoms. The van der Waals surface area contributed by atoms with Crippen molar-refractivity contribution in [3.63, 3.8) is 0 Å². The van der Waals surface area contributed by atoms with E-state index in [1.807, 2.05) is 13.8 Å². The van der Waals surface area contributed by atoms with E-state index in [0.717, 1.165) is 6.07 Å². The Morgan fingerprint density at radius 3 is 2.11 bits per heavy atom. The van der Waals surface area contributed by atoms with Crippen LogP contribution in [-0.4, -0.2) is 26.0 Å². The molecular formula is C13H19F2NO2.